The molecule has 2 aromatic rings. The molecule has 0 spiro atoms. The molecule has 0 heterocycles. The van der Waals surface area contributed by atoms with E-state index in [1.807, 2.05) is 54.6 Å². The lowest BCUT2D eigenvalue weighted by Crippen LogP contribution is -2.34. The maximum absolute atomic E-state index is 12.7. The van der Waals surface area contributed by atoms with Crippen molar-refractivity contribution in [1.82, 2.24) is 5.32 Å². The molecular formula is C21H27NO2. The summed E-state index contributed by atoms with van der Waals surface area (Å²) in [7, 11) is 1.67. The molecule has 2 rings (SSSR count). The molecular weight excluding hydrogens is 298 g/mol. The van der Waals surface area contributed by atoms with Gasteiger partial charge < -0.3 is 10.1 Å². The van der Waals surface area contributed by atoms with Crippen LogP contribution in [-0.4, -0.2) is 19.6 Å². The van der Waals surface area contributed by atoms with Crippen molar-refractivity contribution in [2.24, 2.45) is 5.92 Å². The van der Waals surface area contributed by atoms with Crippen LogP contribution in [-0.2, 0) is 11.2 Å². The number of para-hydroxylation sites is 1. The lowest BCUT2D eigenvalue weighted by atomic mass is 9.85. The Hall–Kier alpha value is -2.29. The Morgan fingerprint density at radius 3 is 2.42 bits per heavy atom. The van der Waals surface area contributed by atoms with Crippen molar-refractivity contribution in [1.29, 1.82) is 0 Å². The van der Waals surface area contributed by atoms with Crippen molar-refractivity contribution in [3.05, 3.63) is 65.7 Å². The topological polar surface area (TPSA) is 38.3 Å². The Balaban J connectivity index is 2.01. The van der Waals surface area contributed by atoms with E-state index in [1.54, 1.807) is 7.11 Å². The molecule has 0 aliphatic rings. The summed E-state index contributed by atoms with van der Waals surface area (Å²) in [5.41, 5.74) is 2.20. The largest absolute Gasteiger partial charge is 0.496 e. The van der Waals surface area contributed by atoms with E-state index in [0.717, 1.165) is 29.7 Å². The van der Waals surface area contributed by atoms with Gasteiger partial charge in [-0.05, 0) is 29.5 Å². The number of nitrogens with one attached hydrogen (secondary N) is 1. The Labute approximate surface area is 145 Å². The molecule has 2 aromatic carbocycles. The van der Waals surface area contributed by atoms with Gasteiger partial charge in [-0.25, -0.2) is 0 Å². The minimum Gasteiger partial charge on any atom is -0.496 e. The second-order valence-electron chi connectivity index (χ2n) is 6.13. The average Bonchev–Trinajstić information content (AvgIpc) is 2.63. The molecule has 0 bridgehead atoms. The fourth-order valence-corrected chi connectivity index (χ4v) is 2.97. The first-order chi connectivity index (χ1) is 11.7. The molecule has 0 aliphatic heterocycles. The third-order valence-corrected chi connectivity index (χ3v) is 4.54. The van der Waals surface area contributed by atoms with Gasteiger partial charge in [-0.3, -0.25) is 4.79 Å². The van der Waals surface area contributed by atoms with Gasteiger partial charge in [0.25, 0.3) is 0 Å². The third-order valence-electron chi connectivity index (χ3n) is 4.54. The first-order valence-corrected chi connectivity index (χ1v) is 8.62. The Bertz CT molecular complexity index is 639. The standard InChI is InChI=1S/C21H27NO2/c1-4-16(2)20(18-11-6-5-7-12-18)21(23)22-15-14-17-10-8-9-13-19(17)24-3/h5-13,16,20H,4,14-15H2,1-3H3,(H,22,23). The van der Waals surface area contributed by atoms with E-state index in [0.29, 0.717) is 12.5 Å². The van der Waals surface area contributed by atoms with Gasteiger partial charge in [0.05, 0.1) is 13.0 Å². The number of benzene rings is 2. The Morgan fingerprint density at radius 1 is 1.08 bits per heavy atom. The van der Waals surface area contributed by atoms with Gasteiger partial charge in [-0.2, -0.15) is 0 Å². The van der Waals surface area contributed by atoms with E-state index in [1.165, 1.54) is 0 Å². The fraction of sp³-hybridized carbons (Fsp3) is 0.381. The molecule has 2 atom stereocenters. The molecule has 3 nitrogen and oxygen atoms in total. The first kappa shape index (κ1) is 18.1. The number of hydrogen-bond donors (Lipinski definition) is 1. The summed E-state index contributed by atoms with van der Waals surface area (Å²) in [5, 5.41) is 3.10. The van der Waals surface area contributed by atoms with E-state index in [9.17, 15) is 4.79 Å². The van der Waals surface area contributed by atoms with Gasteiger partial charge in [0, 0.05) is 6.54 Å². The number of rotatable bonds is 8. The lowest BCUT2D eigenvalue weighted by molar-refractivity contribution is -0.123. The smallest absolute Gasteiger partial charge is 0.227 e. The minimum absolute atomic E-state index is 0.102. The van der Waals surface area contributed by atoms with Gasteiger partial charge in [0.2, 0.25) is 5.91 Å². The number of amides is 1. The summed E-state index contributed by atoms with van der Waals surface area (Å²) in [5.74, 6) is 1.17. The number of carbonyl (C=O) groups is 1. The summed E-state index contributed by atoms with van der Waals surface area (Å²) in [6, 6.07) is 18.0. The Morgan fingerprint density at radius 2 is 1.75 bits per heavy atom. The molecule has 0 radical (unpaired) electrons. The second-order valence-corrected chi connectivity index (χ2v) is 6.13. The van der Waals surface area contributed by atoms with Crippen LogP contribution in [0.5, 0.6) is 5.75 Å². The van der Waals surface area contributed by atoms with Crippen molar-refractivity contribution in [2.45, 2.75) is 32.6 Å². The molecule has 0 aromatic heterocycles. The number of hydrogen-bond acceptors (Lipinski definition) is 2. The molecule has 1 amide bonds. The maximum atomic E-state index is 12.7. The predicted octanol–water partition coefficient (Wildman–Crippen LogP) is 4.18. The molecule has 0 saturated carbocycles. The SMILES string of the molecule is CCC(C)C(C(=O)NCCc1ccccc1OC)c1ccccc1. The highest BCUT2D eigenvalue weighted by molar-refractivity contribution is 5.84. The average molecular weight is 325 g/mol. The third kappa shape index (κ3) is 4.60. The quantitative estimate of drug-likeness (QED) is 0.790. The first-order valence-electron chi connectivity index (χ1n) is 8.62. The van der Waals surface area contributed by atoms with Gasteiger partial charge in [0.15, 0.2) is 0 Å². The molecule has 0 aliphatic carbocycles. The molecule has 2 unspecified atom stereocenters. The molecule has 24 heavy (non-hydrogen) atoms. The number of carbonyl (C=O) groups excluding carboxylic acids is 1. The number of methoxy groups -OCH3 is 1. The van der Waals surface area contributed by atoms with Crippen LogP contribution < -0.4 is 10.1 Å². The number of ether oxygens (including phenoxy) is 1. The zero-order valence-corrected chi connectivity index (χ0v) is 14.8. The zero-order valence-electron chi connectivity index (χ0n) is 14.8. The van der Waals surface area contributed by atoms with Crippen molar-refractivity contribution in [2.75, 3.05) is 13.7 Å². The van der Waals surface area contributed by atoms with Crippen LogP contribution in [0.15, 0.2) is 54.6 Å². The summed E-state index contributed by atoms with van der Waals surface area (Å²) in [6.07, 6.45) is 1.73. The molecule has 1 N–H and O–H groups in total. The van der Waals surface area contributed by atoms with Crippen LogP contribution >= 0.6 is 0 Å². The van der Waals surface area contributed by atoms with Crippen LogP contribution in [0.3, 0.4) is 0 Å². The summed E-state index contributed by atoms with van der Waals surface area (Å²) >= 11 is 0. The second kappa shape index (κ2) is 9.11. The molecule has 128 valence electrons. The van der Waals surface area contributed by atoms with Gasteiger partial charge in [-0.1, -0.05) is 68.8 Å². The highest BCUT2D eigenvalue weighted by Crippen LogP contribution is 2.27. The monoisotopic (exact) mass is 325 g/mol. The van der Waals surface area contributed by atoms with Gasteiger partial charge in [0.1, 0.15) is 5.75 Å². The normalized spacial score (nSPS) is 13.1. The van der Waals surface area contributed by atoms with E-state index in [-0.39, 0.29) is 11.8 Å². The summed E-state index contributed by atoms with van der Waals surface area (Å²) < 4.78 is 5.36. The summed E-state index contributed by atoms with van der Waals surface area (Å²) in [4.78, 5) is 12.7. The van der Waals surface area contributed by atoms with Crippen molar-refractivity contribution < 1.29 is 9.53 Å². The van der Waals surface area contributed by atoms with Crippen LogP contribution in [0, 0.1) is 5.92 Å². The lowest BCUT2D eigenvalue weighted by Gasteiger charge is -2.23. The van der Waals surface area contributed by atoms with Crippen LogP contribution in [0.4, 0.5) is 0 Å². The highest BCUT2D eigenvalue weighted by Gasteiger charge is 2.25. The van der Waals surface area contributed by atoms with E-state index in [4.69, 9.17) is 4.74 Å². The molecule has 0 saturated heterocycles. The van der Waals surface area contributed by atoms with E-state index >= 15 is 0 Å². The van der Waals surface area contributed by atoms with E-state index < -0.39 is 0 Å². The molecule has 0 fully saturated rings. The fourth-order valence-electron chi connectivity index (χ4n) is 2.97. The maximum Gasteiger partial charge on any atom is 0.227 e. The summed E-state index contributed by atoms with van der Waals surface area (Å²) in [6.45, 7) is 4.87. The van der Waals surface area contributed by atoms with Gasteiger partial charge >= 0.3 is 0 Å². The van der Waals surface area contributed by atoms with Crippen LogP contribution in [0.25, 0.3) is 0 Å². The van der Waals surface area contributed by atoms with Crippen molar-refractivity contribution in [3.63, 3.8) is 0 Å². The minimum atomic E-state index is -0.103. The van der Waals surface area contributed by atoms with E-state index in [2.05, 4.69) is 19.2 Å². The van der Waals surface area contributed by atoms with Gasteiger partial charge in [-0.15, -0.1) is 0 Å². The Kier molecular flexibility index (Phi) is 6.86. The van der Waals surface area contributed by atoms with Crippen molar-refractivity contribution >= 4 is 5.91 Å². The van der Waals surface area contributed by atoms with Crippen LogP contribution in [0.2, 0.25) is 0 Å². The van der Waals surface area contributed by atoms with Crippen LogP contribution in [0.1, 0.15) is 37.3 Å². The zero-order chi connectivity index (χ0) is 17.4. The predicted molar refractivity (Wildman–Crippen MR) is 98.3 cm³/mol. The van der Waals surface area contributed by atoms with Crippen molar-refractivity contribution in [3.8, 4) is 5.75 Å². The molecule has 3 heteroatoms. The highest BCUT2D eigenvalue weighted by atomic mass is 16.5.